The van der Waals surface area contributed by atoms with Crippen molar-refractivity contribution in [3.05, 3.63) is 83.0 Å². The van der Waals surface area contributed by atoms with Crippen molar-refractivity contribution in [3.63, 3.8) is 0 Å². The van der Waals surface area contributed by atoms with Crippen LogP contribution < -0.4 is 43.8 Å². The molecule has 0 amide bonds. The van der Waals surface area contributed by atoms with Crippen molar-refractivity contribution in [2.45, 2.75) is 19.2 Å². The van der Waals surface area contributed by atoms with E-state index in [1.165, 1.54) is 21.6 Å². The van der Waals surface area contributed by atoms with E-state index < -0.39 is 32.0 Å². The van der Waals surface area contributed by atoms with E-state index in [0.29, 0.717) is 39.6 Å². The molecule has 0 saturated heterocycles. The molecule has 0 radical (unpaired) electrons. The van der Waals surface area contributed by atoms with E-state index in [2.05, 4.69) is 0 Å². The van der Waals surface area contributed by atoms with E-state index in [-0.39, 0.29) is 41.3 Å². The molecule has 10 nitrogen and oxygen atoms in total. The van der Waals surface area contributed by atoms with Crippen molar-refractivity contribution in [2.24, 2.45) is 0 Å². The van der Waals surface area contributed by atoms with Crippen LogP contribution in [0.5, 0.6) is 5.75 Å². The van der Waals surface area contributed by atoms with Crippen molar-refractivity contribution in [1.29, 1.82) is 0 Å². The molecule has 2 heterocycles. The van der Waals surface area contributed by atoms with Gasteiger partial charge in [0, 0.05) is 17.2 Å². The number of nitrogens with zero attached hydrogens (tertiary/aromatic N) is 2. The maximum Gasteiger partial charge on any atom is 1.00 e. The summed E-state index contributed by atoms with van der Waals surface area (Å²) in [6, 6.07) is 15.6. The molecule has 0 unspecified atom stereocenters. The van der Waals surface area contributed by atoms with Crippen molar-refractivity contribution in [1.82, 2.24) is 0 Å². The molecule has 1 aromatic heterocycles. The van der Waals surface area contributed by atoms with Gasteiger partial charge in [0.25, 0.3) is 11.4 Å². The van der Waals surface area contributed by atoms with Gasteiger partial charge in [0.05, 0.1) is 11.8 Å². The quantitative estimate of drug-likeness (QED) is 0.190. The summed E-state index contributed by atoms with van der Waals surface area (Å²) >= 11 is 6.07. The molecule has 5 rings (SSSR count). The predicted molar refractivity (Wildman–Crippen MR) is 141 cm³/mol. The molecular weight excluding hydrogens is 579 g/mol. The summed E-state index contributed by atoms with van der Waals surface area (Å²) in [6.45, 7) is 1.82. The molecule has 4 aromatic rings. The minimum Gasteiger partial charge on any atom is -0.747 e. The van der Waals surface area contributed by atoms with Crippen LogP contribution in [0.4, 0.5) is 5.69 Å². The summed E-state index contributed by atoms with van der Waals surface area (Å²) < 4.78 is 81.4. The summed E-state index contributed by atoms with van der Waals surface area (Å²) in [5.41, 5.74) is 1.73. The summed E-state index contributed by atoms with van der Waals surface area (Å²) in [4.78, 5) is 1.20. The Morgan fingerprint density at radius 2 is 1.79 bits per heavy atom. The van der Waals surface area contributed by atoms with E-state index in [4.69, 9.17) is 20.8 Å². The van der Waals surface area contributed by atoms with Crippen LogP contribution in [0.2, 0.25) is 5.02 Å². The van der Waals surface area contributed by atoms with Crippen LogP contribution in [0.25, 0.3) is 27.9 Å². The Morgan fingerprint density at radius 1 is 1.10 bits per heavy atom. The normalized spacial score (nSPS) is 15.0. The first-order valence-electron chi connectivity index (χ1n) is 11.3. The Morgan fingerprint density at radius 3 is 2.44 bits per heavy atom. The number of halogens is 1. The molecule has 0 fully saturated rings. The molecule has 0 atom stereocenters. The molecule has 14 heteroatoms. The van der Waals surface area contributed by atoms with Gasteiger partial charge in [-0.25, -0.2) is 8.42 Å². The Balaban J connectivity index is 0.00000353. The number of allylic oxidation sites excluding steroid dienone is 2. The molecule has 0 bridgehead atoms. The minimum atomic E-state index is -4.69. The molecule has 39 heavy (non-hydrogen) atoms. The molecule has 0 aliphatic carbocycles. The standard InChI is InChI=1S/C25H21ClN2O8S2.Na/c1-2-16(9-24-28(15-38(32,33)34)21-13-19(26)7-8-22(21)35-24)10-25-27(14-37(29,30)31)20-11-17-5-3-4-6-18(17)12-23(20)36-25;/h3-13H,2,14-15H2,1H3,(H-,29,30,31,32,33,34);/q;+1. The Hall–Kier alpha value is -2.42. The van der Waals surface area contributed by atoms with Crippen LogP contribution in [-0.4, -0.2) is 31.8 Å². The smallest absolute Gasteiger partial charge is 0.747 e. The van der Waals surface area contributed by atoms with E-state index in [9.17, 15) is 25.9 Å². The third kappa shape index (κ3) is 6.67. The van der Waals surface area contributed by atoms with Crippen LogP contribution in [0.15, 0.2) is 76.5 Å². The van der Waals surface area contributed by atoms with E-state index in [1.54, 1.807) is 30.3 Å². The fraction of sp³-hybridized carbons (Fsp3) is 0.160. The van der Waals surface area contributed by atoms with Gasteiger partial charge in [0.15, 0.2) is 5.75 Å². The number of anilines is 1. The molecule has 1 N–H and O–H groups in total. The molecule has 3 aromatic carbocycles. The largest absolute Gasteiger partial charge is 1.00 e. The summed E-state index contributed by atoms with van der Waals surface area (Å²) in [6.07, 6.45) is 3.49. The van der Waals surface area contributed by atoms with E-state index in [1.807, 2.05) is 31.2 Å². The zero-order chi connectivity index (χ0) is 27.2. The SMILES string of the molecule is CCC(=C/c1oc2cc3ccccc3cc2[n+]1CS(=O)(=O)O)/C=C1\Oc2ccc(Cl)cc2N1CS(=O)(=O)[O-].[Na+]. The third-order valence-electron chi connectivity index (χ3n) is 5.90. The number of hydrogen-bond acceptors (Lipinski definition) is 8. The molecular formula is C25H21ClN2NaO8S2+. The number of hydrogen-bond donors (Lipinski definition) is 1. The van der Waals surface area contributed by atoms with Gasteiger partial charge in [-0.15, -0.1) is 4.57 Å². The summed E-state index contributed by atoms with van der Waals surface area (Å²) in [5.74, 6) is -1.13. The van der Waals surface area contributed by atoms with Crippen LogP contribution in [-0.2, 0) is 26.1 Å². The van der Waals surface area contributed by atoms with Crippen LogP contribution in [0.3, 0.4) is 0 Å². The van der Waals surface area contributed by atoms with Gasteiger partial charge in [-0.2, -0.15) is 8.42 Å². The molecule has 0 spiro atoms. The second-order valence-corrected chi connectivity index (χ2v) is 11.9. The number of aromatic nitrogens is 1. The van der Waals surface area contributed by atoms with Crippen molar-refractivity contribution >= 4 is 65.5 Å². The van der Waals surface area contributed by atoms with Crippen LogP contribution >= 0.6 is 11.6 Å². The first kappa shape index (κ1) is 29.6. The van der Waals surface area contributed by atoms with E-state index >= 15 is 0 Å². The van der Waals surface area contributed by atoms with Gasteiger partial charge < -0.3 is 13.7 Å². The number of benzene rings is 3. The van der Waals surface area contributed by atoms with Gasteiger partial charge >= 0.3 is 45.6 Å². The molecule has 0 saturated carbocycles. The monoisotopic (exact) mass is 599 g/mol. The Bertz CT molecular complexity index is 1870. The van der Waals surface area contributed by atoms with Gasteiger partial charge in [0.2, 0.25) is 11.5 Å². The second kappa shape index (κ2) is 11.2. The predicted octanol–water partition coefficient (Wildman–Crippen LogP) is 1.41. The zero-order valence-electron chi connectivity index (χ0n) is 20.9. The second-order valence-electron chi connectivity index (χ2n) is 8.63. The van der Waals surface area contributed by atoms with Gasteiger partial charge in [-0.05, 0) is 47.0 Å². The van der Waals surface area contributed by atoms with Gasteiger partial charge in [-0.3, -0.25) is 9.45 Å². The van der Waals surface area contributed by atoms with Crippen LogP contribution in [0.1, 0.15) is 19.2 Å². The number of rotatable bonds is 7. The fourth-order valence-corrected chi connectivity index (χ4v) is 5.57. The van der Waals surface area contributed by atoms with Crippen LogP contribution in [0, 0.1) is 0 Å². The number of oxazole rings is 1. The molecule has 1 aliphatic rings. The summed E-state index contributed by atoms with van der Waals surface area (Å²) in [5, 5.41) is 2.06. The van der Waals surface area contributed by atoms with Gasteiger partial charge in [0.1, 0.15) is 16.0 Å². The molecule has 1 aliphatic heterocycles. The number of fused-ring (bicyclic) bond motifs is 3. The van der Waals surface area contributed by atoms with Crippen molar-refractivity contribution < 1.29 is 69.2 Å². The summed E-state index contributed by atoms with van der Waals surface area (Å²) in [7, 11) is -9.12. The first-order valence-corrected chi connectivity index (χ1v) is 14.9. The Kier molecular flexibility index (Phi) is 8.50. The minimum absolute atomic E-state index is 0. The zero-order valence-corrected chi connectivity index (χ0v) is 25.3. The third-order valence-corrected chi connectivity index (χ3v) is 7.29. The van der Waals surface area contributed by atoms with Crippen molar-refractivity contribution in [3.8, 4) is 5.75 Å². The molecule has 198 valence electrons. The maximum atomic E-state index is 11.9. The fourth-order valence-electron chi connectivity index (χ4n) is 4.23. The Labute approximate surface area is 251 Å². The first-order chi connectivity index (χ1) is 17.9. The van der Waals surface area contributed by atoms with Crippen molar-refractivity contribution in [2.75, 3.05) is 10.8 Å². The average molecular weight is 600 g/mol. The average Bonchev–Trinajstić information content (AvgIpc) is 3.31. The maximum absolute atomic E-state index is 11.9. The number of ether oxygens (including phenoxy) is 1. The van der Waals surface area contributed by atoms with E-state index in [0.717, 1.165) is 10.8 Å². The van der Waals surface area contributed by atoms with Gasteiger partial charge in [-0.1, -0.05) is 42.8 Å². The topological polar surface area (TPSA) is 141 Å².